The maximum Gasteiger partial charge on any atom is 0.397 e. The van der Waals surface area contributed by atoms with Crippen molar-refractivity contribution in [3.05, 3.63) is 72.8 Å². The minimum atomic E-state index is -5.03. The normalized spacial score (nSPS) is 12.7. The number of nitrogen functional groups attached to an aromatic ring is 1. The second-order valence-electron chi connectivity index (χ2n) is 10.5. The van der Waals surface area contributed by atoms with Gasteiger partial charge in [0, 0.05) is 28.2 Å². The van der Waals surface area contributed by atoms with Gasteiger partial charge in [-0.15, -0.1) is 10.2 Å². The number of nitrogens with one attached hydrogen (secondary N) is 2. The summed E-state index contributed by atoms with van der Waals surface area (Å²) in [5.41, 5.74) is 5.26. The SMILES string of the molecule is Nc1ccc2c(O)cc(S(=O)(=O)O)cc2c1N=Nc1ccc(Nc2nc(F)nc(Nc3ccc(S(=O)(=O)CCOS(=O)(=O)O)cc3)n2)cc1S(=O)(=O)O. The maximum atomic E-state index is 14.4. The summed E-state index contributed by atoms with van der Waals surface area (Å²) in [5.74, 6) is -2.19. The van der Waals surface area contributed by atoms with Gasteiger partial charge in [-0.05, 0) is 60.7 Å². The summed E-state index contributed by atoms with van der Waals surface area (Å²) in [6.07, 6.45) is -1.31. The van der Waals surface area contributed by atoms with Crippen molar-refractivity contribution >= 4 is 91.6 Å². The highest BCUT2D eigenvalue weighted by molar-refractivity contribution is 7.91. The fourth-order valence-electron chi connectivity index (χ4n) is 4.47. The predicted octanol–water partition coefficient (Wildman–Crippen LogP) is 3.44. The number of phenols is 1. The van der Waals surface area contributed by atoms with Crippen LogP contribution in [0.4, 0.5) is 44.7 Å². The summed E-state index contributed by atoms with van der Waals surface area (Å²) in [7, 11) is -18.7. The molecule has 0 radical (unpaired) electrons. The van der Waals surface area contributed by atoms with E-state index in [2.05, 4.69) is 40.0 Å². The summed E-state index contributed by atoms with van der Waals surface area (Å²) in [6.45, 7) is -0.839. The van der Waals surface area contributed by atoms with Crippen LogP contribution in [0.15, 0.2) is 91.6 Å². The van der Waals surface area contributed by atoms with Crippen LogP contribution < -0.4 is 16.4 Å². The van der Waals surface area contributed by atoms with Gasteiger partial charge >= 0.3 is 16.5 Å². The molecule has 0 spiro atoms. The third-order valence-electron chi connectivity index (χ3n) is 6.80. The topological polar surface area (TPSA) is 340 Å². The summed E-state index contributed by atoms with van der Waals surface area (Å²) >= 11 is 0. The van der Waals surface area contributed by atoms with Crippen molar-refractivity contribution in [1.82, 2.24) is 15.0 Å². The monoisotopic (exact) mass is 814 g/mol. The van der Waals surface area contributed by atoms with E-state index in [1.165, 1.54) is 30.3 Å². The van der Waals surface area contributed by atoms with Crippen LogP contribution in [-0.2, 0) is 44.7 Å². The van der Waals surface area contributed by atoms with Gasteiger partial charge in [0.05, 0.1) is 27.8 Å². The van der Waals surface area contributed by atoms with Gasteiger partial charge < -0.3 is 21.5 Å². The Morgan fingerprint density at radius 2 is 1.34 bits per heavy atom. The Balaban J connectivity index is 1.39. The zero-order chi connectivity index (χ0) is 38.9. The molecule has 5 rings (SSSR count). The molecule has 5 aromatic rings. The van der Waals surface area contributed by atoms with Crippen molar-refractivity contribution in [2.24, 2.45) is 10.2 Å². The van der Waals surface area contributed by atoms with Crippen LogP contribution in [0.1, 0.15) is 0 Å². The number of halogens is 1. The van der Waals surface area contributed by atoms with Crippen molar-refractivity contribution in [2.75, 3.05) is 28.7 Å². The number of benzene rings is 4. The molecular weight excluding hydrogens is 792 g/mol. The Morgan fingerprint density at radius 1 is 0.717 bits per heavy atom. The van der Waals surface area contributed by atoms with Crippen molar-refractivity contribution in [3.63, 3.8) is 0 Å². The number of nitrogens with zero attached hydrogens (tertiary/aromatic N) is 5. The number of hydrogen-bond donors (Lipinski definition) is 7. The zero-order valence-corrected chi connectivity index (χ0v) is 29.3. The molecule has 0 aliphatic carbocycles. The molecular formula is C27H23FN8O13S4. The van der Waals surface area contributed by atoms with Gasteiger partial charge in [0.2, 0.25) is 11.9 Å². The van der Waals surface area contributed by atoms with Crippen LogP contribution in [0.3, 0.4) is 0 Å². The van der Waals surface area contributed by atoms with Gasteiger partial charge in [-0.1, -0.05) is 0 Å². The molecule has 1 aromatic heterocycles. The highest BCUT2D eigenvalue weighted by Crippen LogP contribution is 2.40. The predicted molar refractivity (Wildman–Crippen MR) is 183 cm³/mol. The van der Waals surface area contributed by atoms with Crippen molar-refractivity contribution in [3.8, 4) is 5.75 Å². The van der Waals surface area contributed by atoms with Gasteiger partial charge in [0.15, 0.2) is 9.84 Å². The van der Waals surface area contributed by atoms with E-state index in [1.807, 2.05) is 0 Å². The van der Waals surface area contributed by atoms with E-state index in [0.29, 0.717) is 0 Å². The third-order valence-corrected chi connectivity index (χ3v) is 10.7. The molecule has 1 heterocycles. The van der Waals surface area contributed by atoms with Gasteiger partial charge in [0.1, 0.15) is 22.0 Å². The number of fused-ring (bicyclic) bond motifs is 1. The number of nitrogens with two attached hydrogens (primary N) is 1. The minimum absolute atomic E-state index is 0.0561. The number of anilines is 5. The highest BCUT2D eigenvalue weighted by Gasteiger charge is 2.20. The largest absolute Gasteiger partial charge is 0.507 e. The second kappa shape index (κ2) is 14.5. The minimum Gasteiger partial charge on any atom is -0.507 e. The molecule has 0 aliphatic heterocycles. The lowest BCUT2D eigenvalue weighted by Gasteiger charge is -2.11. The van der Waals surface area contributed by atoms with Crippen molar-refractivity contribution in [1.29, 1.82) is 0 Å². The quantitative estimate of drug-likeness (QED) is 0.0508. The van der Waals surface area contributed by atoms with Crippen LogP contribution in [0, 0.1) is 6.08 Å². The summed E-state index contributed by atoms with van der Waals surface area (Å²) < 4.78 is 141. The Bertz CT molecular complexity index is 2740. The lowest BCUT2D eigenvalue weighted by atomic mass is 10.1. The number of aromatic hydroxyl groups is 1. The van der Waals surface area contributed by atoms with Crippen LogP contribution in [-0.4, -0.2) is 79.7 Å². The zero-order valence-electron chi connectivity index (χ0n) is 26.1. The highest BCUT2D eigenvalue weighted by atomic mass is 32.3. The van der Waals surface area contributed by atoms with E-state index in [9.17, 15) is 52.3 Å². The second-order valence-corrected chi connectivity index (χ2v) is 16.5. The van der Waals surface area contributed by atoms with E-state index in [1.54, 1.807) is 0 Å². The molecule has 0 fully saturated rings. The Labute approximate surface area is 298 Å². The first-order valence-electron chi connectivity index (χ1n) is 14.1. The van der Waals surface area contributed by atoms with E-state index in [0.717, 1.165) is 36.4 Å². The lowest BCUT2D eigenvalue weighted by Crippen LogP contribution is -2.15. The molecule has 0 atom stereocenters. The number of azo groups is 1. The smallest absolute Gasteiger partial charge is 0.397 e. The van der Waals surface area contributed by atoms with Crippen molar-refractivity contribution in [2.45, 2.75) is 14.7 Å². The molecule has 26 heteroatoms. The van der Waals surface area contributed by atoms with Gasteiger partial charge in [-0.3, -0.25) is 13.7 Å². The third kappa shape index (κ3) is 9.70. The van der Waals surface area contributed by atoms with Crippen LogP contribution in [0.25, 0.3) is 10.8 Å². The van der Waals surface area contributed by atoms with Gasteiger partial charge in [-0.25, -0.2) is 12.6 Å². The molecule has 0 aliphatic rings. The average molecular weight is 815 g/mol. The Hall–Kier alpha value is -5.48. The average Bonchev–Trinajstić information content (AvgIpc) is 3.03. The summed E-state index contributed by atoms with van der Waals surface area (Å²) in [6, 6.07) is 12.3. The molecule has 0 amide bonds. The van der Waals surface area contributed by atoms with Crippen molar-refractivity contribution < 1.29 is 61.0 Å². The number of hydrogen-bond acceptors (Lipinski definition) is 18. The number of aromatic nitrogens is 3. The van der Waals surface area contributed by atoms with Crippen LogP contribution in [0.5, 0.6) is 5.75 Å². The fraction of sp³-hybridized carbons (Fsp3) is 0.0741. The van der Waals surface area contributed by atoms with Gasteiger partial charge in [-0.2, -0.15) is 44.6 Å². The molecule has 53 heavy (non-hydrogen) atoms. The maximum absolute atomic E-state index is 14.4. The molecule has 4 aromatic carbocycles. The molecule has 8 N–H and O–H groups in total. The standard InChI is InChI=1S/C27H23FN8O13S4/c28-25-32-26(30-14-1-4-16(5-2-14)50(38,39)10-9-49-53(46,47)48)34-27(33-25)31-15-3-8-21(23(11-15)52(43,44)45)35-36-24-19-12-17(51(40,41)42)13-22(37)18(19)6-7-20(24)29/h1-8,11-13,37H,9-10,29H2,(H,40,41,42)(H,43,44,45)(H,46,47,48)(H2,30,31,32,33,34). The van der Waals surface area contributed by atoms with Gasteiger partial charge in [0.25, 0.3) is 20.2 Å². The molecule has 0 unspecified atom stereocenters. The fourth-order valence-corrected chi connectivity index (χ4v) is 7.13. The number of sulfone groups is 1. The molecule has 0 saturated carbocycles. The molecule has 0 bridgehead atoms. The first-order valence-corrected chi connectivity index (χ1v) is 19.9. The van der Waals surface area contributed by atoms with E-state index in [4.69, 9.17) is 10.3 Å². The Morgan fingerprint density at radius 3 is 1.94 bits per heavy atom. The number of rotatable bonds is 13. The lowest BCUT2D eigenvalue weighted by molar-refractivity contribution is 0.284. The Kier molecular flexibility index (Phi) is 10.6. The van der Waals surface area contributed by atoms with Crippen LogP contribution >= 0.6 is 0 Å². The van der Waals surface area contributed by atoms with E-state index >= 15 is 0 Å². The summed E-state index contributed by atoms with van der Waals surface area (Å²) in [5, 5.41) is 23.2. The summed E-state index contributed by atoms with van der Waals surface area (Å²) in [4.78, 5) is 9.19. The molecule has 0 saturated heterocycles. The van der Waals surface area contributed by atoms with E-state index in [-0.39, 0.29) is 38.4 Å². The first-order chi connectivity index (χ1) is 24.6. The molecule has 280 valence electrons. The van der Waals surface area contributed by atoms with Crippen LogP contribution in [0.2, 0.25) is 0 Å². The molecule has 21 nitrogen and oxygen atoms in total. The first kappa shape index (κ1) is 38.7. The van der Waals surface area contributed by atoms with E-state index < -0.39 is 92.0 Å². The number of phenolic OH excluding ortho intramolecular Hbond substituents is 1.